The first-order valence-electron chi connectivity index (χ1n) is 10.1. The van der Waals surface area contributed by atoms with Gasteiger partial charge in [-0.1, -0.05) is 30.0 Å². The van der Waals surface area contributed by atoms with Crippen molar-refractivity contribution in [1.29, 1.82) is 0 Å². The number of anilines is 1. The van der Waals surface area contributed by atoms with Gasteiger partial charge in [0, 0.05) is 30.8 Å². The van der Waals surface area contributed by atoms with Crippen LogP contribution in [0, 0.1) is 27.7 Å². The van der Waals surface area contributed by atoms with Gasteiger partial charge in [0.15, 0.2) is 5.16 Å². The van der Waals surface area contributed by atoms with E-state index in [1.165, 1.54) is 27.8 Å². The summed E-state index contributed by atoms with van der Waals surface area (Å²) in [4.78, 5) is 30.8. The number of nitrogens with zero attached hydrogens (tertiary/aromatic N) is 3. The fourth-order valence-electron chi connectivity index (χ4n) is 3.30. The van der Waals surface area contributed by atoms with E-state index in [4.69, 9.17) is 0 Å². The predicted octanol–water partition coefficient (Wildman–Crippen LogP) is 4.30. The van der Waals surface area contributed by atoms with E-state index >= 15 is 0 Å². The Kier molecular flexibility index (Phi) is 7.17. The number of carbonyl (C=O) groups is 2. The topological polar surface area (TPSA) is 67.2 Å². The van der Waals surface area contributed by atoms with Crippen LogP contribution in [0.25, 0.3) is 5.69 Å². The third-order valence-corrected chi connectivity index (χ3v) is 6.05. The van der Waals surface area contributed by atoms with Crippen LogP contribution in [0.3, 0.4) is 0 Å². The minimum Gasteiger partial charge on any atom is -0.336 e. The van der Waals surface area contributed by atoms with Crippen molar-refractivity contribution in [1.82, 2.24) is 14.5 Å². The van der Waals surface area contributed by atoms with Crippen LogP contribution in [-0.2, 0) is 9.59 Å². The van der Waals surface area contributed by atoms with Crippen molar-refractivity contribution in [3.63, 3.8) is 0 Å². The third kappa shape index (κ3) is 5.76. The molecule has 3 aromatic rings. The van der Waals surface area contributed by atoms with Gasteiger partial charge in [-0.3, -0.25) is 14.2 Å². The quantitative estimate of drug-likeness (QED) is 0.561. The van der Waals surface area contributed by atoms with Gasteiger partial charge in [-0.05, 0) is 68.1 Å². The summed E-state index contributed by atoms with van der Waals surface area (Å²) in [5, 5.41) is 3.63. The van der Waals surface area contributed by atoms with Crippen LogP contribution < -0.4 is 5.32 Å². The van der Waals surface area contributed by atoms with E-state index < -0.39 is 0 Å². The lowest BCUT2D eigenvalue weighted by Crippen LogP contribution is -2.36. The Morgan fingerprint density at radius 3 is 2.52 bits per heavy atom. The Bertz CT molecular complexity index is 1090. The SMILES string of the molecule is Cc1cc(C)cc(-n2ccnc2SCC(=O)N(C)CC(=O)Nc2cccc(C)c2C)c1. The van der Waals surface area contributed by atoms with Crippen LogP contribution >= 0.6 is 11.8 Å². The van der Waals surface area contributed by atoms with Gasteiger partial charge in [0.25, 0.3) is 0 Å². The highest BCUT2D eigenvalue weighted by atomic mass is 32.2. The zero-order valence-corrected chi connectivity index (χ0v) is 19.4. The molecule has 6 nitrogen and oxygen atoms in total. The van der Waals surface area contributed by atoms with Crippen LogP contribution in [0.1, 0.15) is 22.3 Å². The molecule has 0 spiro atoms. The van der Waals surface area contributed by atoms with Gasteiger partial charge < -0.3 is 10.2 Å². The van der Waals surface area contributed by atoms with Gasteiger partial charge in [0.1, 0.15) is 0 Å². The van der Waals surface area contributed by atoms with Crippen molar-refractivity contribution in [3.05, 3.63) is 71.0 Å². The van der Waals surface area contributed by atoms with Crippen LogP contribution in [0.15, 0.2) is 53.9 Å². The number of hydrogen-bond donors (Lipinski definition) is 1. The van der Waals surface area contributed by atoms with Gasteiger partial charge in [0.2, 0.25) is 11.8 Å². The first-order chi connectivity index (χ1) is 14.7. The third-order valence-electron chi connectivity index (χ3n) is 5.10. The summed E-state index contributed by atoms with van der Waals surface area (Å²) in [5.74, 6) is -0.142. The largest absolute Gasteiger partial charge is 0.336 e. The second-order valence-corrected chi connectivity index (χ2v) is 8.70. The van der Waals surface area contributed by atoms with Crippen molar-refractivity contribution >= 4 is 29.3 Å². The summed E-state index contributed by atoms with van der Waals surface area (Å²) in [6, 6.07) is 12.1. The fourth-order valence-corrected chi connectivity index (χ4v) is 4.21. The van der Waals surface area contributed by atoms with Crippen molar-refractivity contribution in [2.45, 2.75) is 32.9 Å². The normalized spacial score (nSPS) is 10.7. The Hall–Kier alpha value is -3.06. The number of aromatic nitrogens is 2. The molecule has 0 fully saturated rings. The number of hydrogen-bond acceptors (Lipinski definition) is 4. The average Bonchev–Trinajstić information content (AvgIpc) is 3.17. The molecule has 0 atom stereocenters. The minimum absolute atomic E-state index is 0.00170. The number of imidazole rings is 1. The molecule has 1 aromatic heterocycles. The number of nitrogens with one attached hydrogen (secondary N) is 1. The average molecular weight is 437 g/mol. The molecule has 0 aliphatic heterocycles. The molecule has 0 radical (unpaired) electrons. The summed E-state index contributed by atoms with van der Waals surface area (Å²) in [5.41, 5.74) is 6.27. The monoisotopic (exact) mass is 436 g/mol. The van der Waals surface area contributed by atoms with Crippen molar-refractivity contribution in [2.24, 2.45) is 0 Å². The molecule has 0 saturated carbocycles. The summed E-state index contributed by atoms with van der Waals surface area (Å²) in [6.07, 6.45) is 3.62. The van der Waals surface area contributed by atoms with Crippen molar-refractivity contribution < 1.29 is 9.59 Å². The number of carbonyl (C=O) groups excluding carboxylic acids is 2. The van der Waals surface area contributed by atoms with E-state index in [0.29, 0.717) is 0 Å². The van der Waals surface area contributed by atoms with Crippen LogP contribution in [0.2, 0.25) is 0 Å². The first kappa shape index (κ1) is 22.6. The summed E-state index contributed by atoms with van der Waals surface area (Å²) >= 11 is 1.36. The number of benzene rings is 2. The second-order valence-electron chi connectivity index (χ2n) is 7.76. The minimum atomic E-state index is -0.216. The van der Waals surface area contributed by atoms with Crippen molar-refractivity contribution in [2.75, 3.05) is 24.7 Å². The molecule has 7 heteroatoms. The Balaban J connectivity index is 1.58. The van der Waals surface area contributed by atoms with Gasteiger partial charge in [-0.2, -0.15) is 0 Å². The van der Waals surface area contributed by atoms with E-state index in [9.17, 15) is 9.59 Å². The molecule has 1 heterocycles. The van der Waals surface area contributed by atoms with E-state index in [-0.39, 0.29) is 24.1 Å². The molecular formula is C24H28N4O2S. The highest BCUT2D eigenvalue weighted by Gasteiger charge is 2.16. The number of amides is 2. The zero-order chi connectivity index (χ0) is 22.5. The standard InChI is InChI=1S/C24H28N4O2S/c1-16-11-17(2)13-20(12-16)28-10-9-25-24(28)31-15-23(30)27(5)14-22(29)26-21-8-6-7-18(3)19(21)4/h6-13H,14-15H2,1-5H3,(H,26,29). The van der Waals surface area contributed by atoms with Gasteiger partial charge in [0.05, 0.1) is 12.3 Å². The van der Waals surface area contributed by atoms with E-state index in [0.717, 1.165) is 27.7 Å². The molecule has 2 amide bonds. The van der Waals surface area contributed by atoms with E-state index in [1.807, 2.05) is 42.8 Å². The van der Waals surface area contributed by atoms with Crippen LogP contribution in [-0.4, -0.2) is 45.6 Å². The molecular weight excluding hydrogens is 408 g/mol. The van der Waals surface area contributed by atoms with E-state index in [1.54, 1.807) is 13.2 Å². The fraction of sp³-hybridized carbons (Fsp3) is 0.292. The maximum atomic E-state index is 12.6. The molecule has 0 aliphatic carbocycles. The lowest BCUT2D eigenvalue weighted by Gasteiger charge is -2.18. The van der Waals surface area contributed by atoms with Crippen molar-refractivity contribution in [3.8, 4) is 5.69 Å². The Morgan fingerprint density at radius 1 is 1.10 bits per heavy atom. The lowest BCUT2D eigenvalue weighted by atomic mass is 10.1. The highest BCUT2D eigenvalue weighted by molar-refractivity contribution is 7.99. The molecule has 3 rings (SSSR count). The molecule has 31 heavy (non-hydrogen) atoms. The van der Waals surface area contributed by atoms with Gasteiger partial charge in [-0.15, -0.1) is 0 Å². The number of likely N-dealkylation sites (N-methyl/N-ethyl adjacent to an activating group) is 1. The second kappa shape index (κ2) is 9.83. The molecule has 0 aliphatic rings. The van der Waals surface area contributed by atoms with Crippen LogP contribution in [0.4, 0.5) is 5.69 Å². The smallest absolute Gasteiger partial charge is 0.243 e. The molecule has 1 N–H and O–H groups in total. The van der Waals surface area contributed by atoms with Crippen LogP contribution in [0.5, 0.6) is 0 Å². The molecule has 2 aromatic carbocycles. The summed E-state index contributed by atoms with van der Waals surface area (Å²) in [7, 11) is 1.64. The zero-order valence-electron chi connectivity index (χ0n) is 18.6. The summed E-state index contributed by atoms with van der Waals surface area (Å²) in [6.45, 7) is 8.08. The van der Waals surface area contributed by atoms with Gasteiger partial charge in [-0.25, -0.2) is 4.98 Å². The maximum absolute atomic E-state index is 12.6. The molecule has 162 valence electrons. The Labute approximate surface area is 187 Å². The summed E-state index contributed by atoms with van der Waals surface area (Å²) < 4.78 is 1.98. The highest BCUT2D eigenvalue weighted by Crippen LogP contribution is 2.22. The van der Waals surface area contributed by atoms with E-state index in [2.05, 4.69) is 42.3 Å². The number of thioether (sulfide) groups is 1. The van der Waals surface area contributed by atoms with Gasteiger partial charge >= 0.3 is 0 Å². The number of rotatable bonds is 7. The Morgan fingerprint density at radius 2 is 1.81 bits per heavy atom. The molecule has 0 saturated heterocycles. The number of aryl methyl sites for hydroxylation is 3. The molecule has 0 unspecified atom stereocenters. The maximum Gasteiger partial charge on any atom is 0.243 e. The predicted molar refractivity (Wildman–Crippen MR) is 126 cm³/mol. The lowest BCUT2D eigenvalue weighted by molar-refractivity contribution is -0.131. The molecule has 0 bridgehead atoms. The first-order valence-corrected chi connectivity index (χ1v) is 11.1.